The van der Waals surface area contributed by atoms with Crippen LogP contribution in [0.5, 0.6) is 0 Å². The van der Waals surface area contributed by atoms with Gasteiger partial charge in [0.1, 0.15) is 0 Å². The van der Waals surface area contributed by atoms with E-state index in [1.165, 1.54) is 11.1 Å². The zero-order valence-corrected chi connectivity index (χ0v) is 23.4. The van der Waals surface area contributed by atoms with E-state index in [1.54, 1.807) is 21.7 Å². The smallest absolute Gasteiger partial charge is 0.313 e. The van der Waals surface area contributed by atoms with Crippen molar-refractivity contribution in [1.29, 1.82) is 0 Å². The van der Waals surface area contributed by atoms with Gasteiger partial charge in [0.25, 0.3) is 0 Å². The highest BCUT2D eigenvalue weighted by atomic mass is 127. The largest absolute Gasteiger partial charge is 0.336 e. The van der Waals surface area contributed by atoms with E-state index in [1.807, 2.05) is 64.1 Å². The molecule has 35 heavy (non-hydrogen) atoms. The van der Waals surface area contributed by atoms with Gasteiger partial charge in [-0.1, -0.05) is 57.2 Å². The molecule has 2 aromatic heterocycles. The molecule has 2 atom stereocenters. The Bertz CT molecular complexity index is 1150. The highest BCUT2D eigenvalue weighted by Gasteiger charge is 2.36. The van der Waals surface area contributed by atoms with Gasteiger partial charge in [-0.3, -0.25) is 19.4 Å². The minimum Gasteiger partial charge on any atom is -0.336 e. The molecule has 186 valence electrons. The summed E-state index contributed by atoms with van der Waals surface area (Å²) in [5.74, 6) is -1.28. The summed E-state index contributed by atoms with van der Waals surface area (Å²) in [6.45, 7) is 8.59. The van der Waals surface area contributed by atoms with Crippen molar-refractivity contribution in [3.63, 3.8) is 0 Å². The third-order valence-corrected chi connectivity index (χ3v) is 7.39. The van der Waals surface area contributed by atoms with E-state index in [9.17, 15) is 14.4 Å². The molecule has 1 N–H and O–H groups in total. The number of fused-ring (bicyclic) bond motifs is 1. The maximum absolute atomic E-state index is 12.7. The second-order valence-electron chi connectivity index (χ2n) is 9.22. The van der Waals surface area contributed by atoms with Crippen molar-refractivity contribution < 1.29 is 14.4 Å². The Hall–Kier alpha value is -2.59. The number of amides is 3. The number of hydrogen-bond donors (Lipinski definition) is 1. The third kappa shape index (κ3) is 6.76. The summed E-state index contributed by atoms with van der Waals surface area (Å²) >= 11 is 2.21. The van der Waals surface area contributed by atoms with E-state index in [0.29, 0.717) is 31.7 Å². The fourth-order valence-corrected chi connectivity index (χ4v) is 5.21. The molecule has 0 bridgehead atoms. The number of nitrogens with one attached hydrogen (secondary N) is 1. The van der Waals surface area contributed by atoms with Crippen molar-refractivity contribution in [3.05, 3.63) is 55.0 Å². The molecule has 1 saturated heterocycles. The van der Waals surface area contributed by atoms with Crippen LogP contribution >= 0.6 is 28.4 Å². The molecule has 0 aliphatic carbocycles. The number of anilines is 1. The number of halogens is 1. The minimum atomic E-state index is -0.716. The van der Waals surface area contributed by atoms with Crippen molar-refractivity contribution in [2.75, 3.05) is 25.0 Å². The van der Waals surface area contributed by atoms with Crippen LogP contribution in [-0.2, 0) is 14.4 Å². The van der Waals surface area contributed by atoms with Crippen molar-refractivity contribution in [2.24, 2.45) is 5.41 Å². The Morgan fingerprint density at radius 1 is 1.03 bits per heavy atom. The van der Waals surface area contributed by atoms with Crippen LogP contribution in [0, 0.1) is 5.41 Å². The lowest BCUT2D eigenvalue weighted by atomic mass is 9.93. The standard InChI is InChI=1S/C18H24IN6O3P.C6H6/c1-11-10-23(5-6-24(11)17(28)18(2,3)4)16(27)15(26)22-13-8-20-9-14-12(13)7-21-25(14)29-19;1-2-4-6-5-3-1/h7-9,11,29H,5-6,10H2,1-4H3,(H,22,26);1-6H. The topological polar surface area (TPSA) is 100 Å². The minimum absolute atomic E-state index is 0.0484. The monoisotopic (exact) mass is 608 g/mol. The predicted octanol–water partition coefficient (Wildman–Crippen LogP) is 3.95. The fraction of sp³-hybridized carbons (Fsp3) is 0.375. The van der Waals surface area contributed by atoms with E-state index in [4.69, 9.17) is 0 Å². The number of pyridine rings is 1. The summed E-state index contributed by atoms with van der Waals surface area (Å²) < 4.78 is 1.79. The molecule has 1 fully saturated rings. The molecular weight excluding hydrogens is 578 g/mol. The number of hydrogen-bond acceptors (Lipinski definition) is 5. The second-order valence-corrected chi connectivity index (χ2v) is 11.3. The van der Waals surface area contributed by atoms with Gasteiger partial charge in [0.15, 0.2) is 0 Å². The average Bonchev–Trinajstić information content (AvgIpc) is 3.28. The van der Waals surface area contributed by atoms with Crippen LogP contribution in [0.2, 0.25) is 0 Å². The van der Waals surface area contributed by atoms with E-state index in [0.717, 1.165) is 10.9 Å². The molecule has 0 radical (unpaired) electrons. The maximum atomic E-state index is 12.7. The van der Waals surface area contributed by atoms with Gasteiger partial charge < -0.3 is 15.1 Å². The molecule has 3 amide bonds. The molecule has 3 aromatic rings. The lowest BCUT2D eigenvalue weighted by Crippen LogP contribution is -2.58. The Labute approximate surface area is 220 Å². The van der Waals surface area contributed by atoms with Gasteiger partial charge in [0.05, 0.1) is 36.2 Å². The maximum Gasteiger partial charge on any atom is 0.313 e. The van der Waals surface area contributed by atoms with Crippen LogP contribution < -0.4 is 5.32 Å². The van der Waals surface area contributed by atoms with Crippen molar-refractivity contribution >= 4 is 62.7 Å². The van der Waals surface area contributed by atoms with Gasteiger partial charge in [0, 0.05) is 36.5 Å². The quantitative estimate of drug-likeness (QED) is 0.270. The van der Waals surface area contributed by atoms with Crippen LogP contribution in [0.3, 0.4) is 0 Å². The van der Waals surface area contributed by atoms with Gasteiger partial charge in [-0.25, -0.2) is 4.45 Å². The highest BCUT2D eigenvalue weighted by Crippen LogP contribution is 2.30. The molecule has 11 heteroatoms. The number of nitrogens with zero attached hydrogens (tertiary/aromatic N) is 5. The Morgan fingerprint density at radius 2 is 1.66 bits per heavy atom. The van der Waals surface area contributed by atoms with Gasteiger partial charge in [-0.2, -0.15) is 5.10 Å². The summed E-state index contributed by atoms with van der Waals surface area (Å²) in [7, 11) is 0. The number of piperazine rings is 1. The SMILES string of the molecule is CC1CN(C(=O)C(=O)Nc2cncc3c2cnn3PI)CCN1C(=O)C(C)(C)C.c1ccccc1. The Balaban J connectivity index is 0.000000497. The van der Waals surface area contributed by atoms with Crippen LogP contribution in [0.15, 0.2) is 55.0 Å². The van der Waals surface area contributed by atoms with Gasteiger partial charge in [0.2, 0.25) is 5.91 Å². The van der Waals surface area contributed by atoms with Crippen LogP contribution in [0.4, 0.5) is 5.69 Å². The molecule has 0 spiro atoms. The van der Waals surface area contributed by atoms with E-state index < -0.39 is 17.2 Å². The number of aromatic nitrogens is 3. The summed E-state index contributed by atoms with van der Waals surface area (Å²) in [5, 5.41) is 7.67. The third-order valence-electron chi connectivity index (χ3n) is 5.50. The fourth-order valence-electron chi connectivity index (χ4n) is 3.69. The molecule has 0 saturated carbocycles. The Kier molecular flexibility index (Phi) is 9.18. The van der Waals surface area contributed by atoms with Crippen molar-refractivity contribution in [2.45, 2.75) is 33.7 Å². The number of rotatable bonds is 2. The molecular formula is C24H30IN6O3P. The Morgan fingerprint density at radius 3 is 2.20 bits per heavy atom. The van der Waals surface area contributed by atoms with Gasteiger partial charge in [-0.15, -0.1) is 0 Å². The molecule has 1 aromatic carbocycles. The van der Waals surface area contributed by atoms with E-state index >= 15 is 0 Å². The van der Waals surface area contributed by atoms with Crippen molar-refractivity contribution in [1.82, 2.24) is 24.3 Å². The van der Waals surface area contributed by atoms with Gasteiger partial charge in [-0.05, 0) is 29.0 Å². The first-order valence-corrected chi connectivity index (χ1v) is 15.3. The normalized spacial score (nSPS) is 16.2. The molecule has 9 nitrogen and oxygen atoms in total. The molecule has 1 aliphatic rings. The first-order chi connectivity index (χ1) is 16.6. The lowest BCUT2D eigenvalue weighted by molar-refractivity contribution is -0.150. The molecule has 1 aliphatic heterocycles. The number of carbonyl (C=O) groups excluding carboxylic acids is 3. The summed E-state index contributed by atoms with van der Waals surface area (Å²) in [6.07, 6.45) is 5.25. The molecule has 4 rings (SSSR count). The molecule has 3 heterocycles. The highest BCUT2D eigenvalue weighted by molar-refractivity contribution is 14.2. The number of carbonyl (C=O) groups is 3. The first kappa shape index (κ1) is 27.0. The zero-order valence-electron chi connectivity index (χ0n) is 20.2. The summed E-state index contributed by atoms with van der Waals surface area (Å²) in [6, 6.07) is 11.8. The number of benzene rings is 1. The summed E-state index contributed by atoms with van der Waals surface area (Å²) in [4.78, 5) is 45.2. The van der Waals surface area contributed by atoms with Crippen LogP contribution in [-0.4, -0.2) is 67.7 Å². The zero-order chi connectivity index (χ0) is 25.6. The lowest BCUT2D eigenvalue weighted by Gasteiger charge is -2.42. The summed E-state index contributed by atoms with van der Waals surface area (Å²) in [5.41, 5.74) is 0.772. The van der Waals surface area contributed by atoms with Crippen LogP contribution in [0.1, 0.15) is 27.7 Å². The first-order valence-electron chi connectivity index (χ1n) is 11.2. The predicted molar refractivity (Wildman–Crippen MR) is 148 cm³/mol. The van der Waals surface area contributed by atoms with E-state index in [2.05, 4.69) is 37.4 Å². The average molecular weight is 608 g/mol. The van der Waals surface area contributed by atoms with Crippen LogP contribution in [0.25, 0.3) is 10.9 Å². The van der Waals surface area contributed by atoms with Gasteiger partial charge >= 0.3 is 11.8 Å². The second kappa shape index (κ2) is 11.9. The molecule has 2 unspecified atom stereocenters. The van der Waals surface area contributed by atoms with Crippen molar-refractivity contribution in [3.8, 4) is 0 Å². The van der Waals surface area contributed by atoms with E-state index in [-0.39, 0.29) is 11.9 Å².